The van der Waals surface area contributed by atoms with Crippen LogP contribution in [0.3, 0.4) is 0 Å². The third-order valence-electron chi connectivity index (χ3n) is 5.62. The Morgan fingerprint density at radius 2 is 2.25 bits per heavy atom. The molecule has 146 valence electrons. The molecule has 0 spiro atoms. The zero-order valence-corrected chi connectivity index (χ0v) is 16.6. The van der Waals surface area contributed by atoms with Crippen molar-refractivity contribution in [3.8, 4) is 10.6 Å². The van der Waals surface area contributed by atoms with Gasteiger partial charge >= 0.3 is 0 Å². The minimum atomic E-state index is 0.107. The summed E-state index contributed by atoms with van der Waals surface area (Å²) in [6.07, 6.45) is 7.26. The lowest BCUT2D eigenvalue weighted by atomic mass is 9.99. The topological polar surface area (TPSA) is 76.2 Å². The fourth-order valence-electron chi connectivity index (χ4n) is 3.98. The number of thiazole rings is 1. The van der Waals surface area contributed by atoms with Crippen LogP contribution in [-0.4, -0.2) is 44.7 Å². The lowest BCUT2D eigenvalue weighted by molar-refractivity contribution is -0.123. The first kappa shape index (κ1) is 17.6. The normalized spacial score (nSPS) is 22.6. The van der Waals surface area contributed by atoms with Gasteiger partial charge in [0.25, 0.3) is 0 Å². The van der Waals surface area contributed by atoms with Crippen LogP contribution in [0.25, 0.3) is 10.6 Å². The van der Waals surface area contributed by atoms with Gasteiger partial charge in [0.05, 0.1) is 18.0 Å². The molecule has 0 bridgehead atoms. The van der Waals surface area contributed by atoms with Gasteiger partial charge < -0.3 is 9.73 Å². The summed E-state index contributed by atoms with van der Waals surface area (Å²) in [6.45, 7) is 2.49. The number of aromatic nitrogens is 3. The van der Waals surface area contributed by atoms with E-state index in [0.717, 1.165) is 48.7 Å². The second-order valence-corrected chi connectivity index (χ2v) is 8.58. The van der Waals surface area contributed by atoms with Crippen LogP contribution in [-0.2, 0) is 18.4 Å². The van der Waals surface area contributed by atoms with Crippen LogP contribution >= 0.6 is 11.3 Å². The highest BCUT2D eigenvalue weighted by atomic mass is 32.1. The molecule has 7 nitrogen and oxygen atoms in total. The SMILES string of the molecule is Cn1nccc1[C@@H]1CN(Cc2csc(-c3ccoc3)n2)C[C@H]1NC(=O)C1CC1. The molecule has 5 rings (SSSR count). The molecule has 3 aromatic heterocycles. The van der Waals surface area contributed by atoms with Gasteiger partial charge in [0.2, 0.25) is 5.91 Å². The highest BCUT2D eigenvalue weighted by molar-refractivity contribution is 7.13. The van der Waals surface area contributed by atoms with Gasteiger partial charge in [-0.05, 0) is 25.0 Å². The Morgan fingerprint density at radius 1 is 1.36 bits per heavy atom. The predicted molar refractivity (Wildman–Crippen MR) is 106 cm³/mol. The lowest BCUT2D eigenvalue weighted by Gasteiger charge is -2.20. The number of nitrogens with zero attached hydrogens (tertiary/aromatic N) is 4. The summed E-state index contributed by atoms with van der Waals surface area (Å²) < 4.78 is 7.08. The van der Waals surface area contributed by atoms with Crippen molar-refractivity contribution in [1.29, 1.82) is 0 Å². The van der Waals surface area contributed by atoms with E-state index in [1.807, 2.05) is 24.0 Å². The number of hydrogen-bond acceptors (Lipinski definition) is 6. The molecule has 1 saturated heterocycles. The maximum Gasteiger partial charge on any atom is 0.223 e. The Bertz CT molecular complexity index is 959. The standard InChI is InChI=1S/C20H23N5O2S/c1-24-18(4-6-21-24)16-9-25(10-17(16)23-19(26)13-2-3-13)8-15-12-28-20(22-15)14-5-7-27-11-14/h4-7,11-13,16-17H,2-3,8-10H2,1H3,(H,23,26)/t16-,17-/m1/s1. The molecule has 8 heteroatoms. The van der Waals surface area contributed by atoms with Crippen LogP contribution in [0.5, 0.6) is 0 Å². The molecule has 28 heavy (non-hydrogen) atoms. The molecule has 1 amide bonds. The van der Waals surface area contributed by atoms with Crippen LogP contribution in [0.15, 0.2) is 40.7 Å². The summed E-state index contributed by atoms with van der Waals surface area (Å²) in [5.74, 6) is 0.661. The van der Waals surface area contributed by atoms with Crippen molar-refractivity contribution >= 4 is 17.2 Å². The van der Waals surface area contributed by atoms with Crippen molar-refractivity contribution in [2.75, 3.05) is 13.1 Å². The highest BCUT2D eigenvalue weighted by Gasteiger charge is 2.39. The maximum atomic E-state index is 12.4. The number of carbonyl (C=O) groups is 1. The molecule has 0 unspecified atom stereocenters. The van der Waals surface area contributed by atoms with Crippen LogP contribution in [0, 0.1) is 5.92 Å². The van der Waals surface area contributed by atoms with Crippen molar-refractivity contribution in [3.63, 3.8) is 0 Å². The first-order chi connectivity index (χ1) is 13.7. The average molecular weight is 398 g/mol. The minimum Gasteiger partial charge on any atom is -0.472 e. The van der Waals surface area contributed by atoms with E-state index in [4.69, 9.17) is 9.40 Å². The number of carbonyl (C=O) groups excluding carboxylic acids is 1. The Hall–Kier alpha value is -2.45. The number of aryl methyl sites for hydroxylation is 1. The molecule has 2 atom stereocenters. The quantitative estimate of drug-likeness (QED) is 0.692. The van der Waals surface area contributed by atoms with Gasteiger partial charge in [-0.15, -0.1) is 11.3 Å². The summed E-state index contributed by atoms with van der Waals surface area (Å²) >= 11 is 1.63. The van der Waals surface area contributed by atoms with E-state index in [2.05, 4.69) is 26.8 Å². The van der Waals surface area contributed by atoms with Crippen molar-refractivity contribution in [3.05, 3.63) is 47.6 Å². The fraction of sp³-hybridized carbons (Fsp3) is 0.450. The largest absolute Gasteiger partial charge is 0.472 e. The average Bonchev–Trinajstić information content (AvgIpc) is 3.08. The molecule has 1 aliphatic carbocycles. The van der Waals surface area contributed by atoms with Crippen LogP contribution in [0.1, 0.15) is 30.1 Å². The van der Waals surface area contributed by atoms with Gasteiger partial charge in [0.1, 0.15) is 11.3 Å². The molecular formula is C20H23N5O2S. The summed E-state index contributed by atoms with van der Waals surface area (Å²) in [6, 6.07) is 4.10. The monoisotopic (exact) mass is 397 g/mol. The second kappa shape index (κ2) is 7.18. The molecule has 1 saturated carbocycles. The van der Waals surface area contributed by atoms with E-state index in [1.165, 1.54) is 5.69 Å². The molecule has 0 radical (unpaired) electrons. The number of hydrogen-bond donors (Lipinski definition) is 1. The van der Waals surface area contributed by atoms with Gasteiger partial charge in [0, 0.05) is 61.4 Å². The van der Waals surface area contributed by atoms with Gasteiger partial charge in [-0.3, -0.25) is 14.4 Å². The van der Waals surface area contributed by atoms with E-state index < -0.39 is 0 Å². The molecule has 0 aromatic carbocycles. The van der Waals surface area contributed by atoms with Gasteiger partial charge in [-0.1, -0.05) is 0 Å². The minimum absolute atomic E-state index is 0.107. The third-order valence-corrected chi connectivity index (χ3v) is 6.56. The molecule has 2 aliphatic rings. The number of furan rings is 1. The zero-order valence-electron chi connectivity index (χ0n) is 15.7. The molecular weight excluding hydrogens is 374 g/mol. The summed E-state index contributed by atoms with van der Waals surface area (Å²) in [4.78, 5) is 19.5. The summed E-state index contributed by atoms with van der Waals surface area (Å²) in [5.41, 5.74) is 3.24. The van der Waals surface area contributed by atoms with E-state index >= 15 is 0 Å². The van der Waals surface area contributed by atoms with E-state index in [1.54, 1.807) is 23.9 Å². The molecule has 1 N–H and O–H groups in total. The highest BCUT2D eigenvalue weighted by Crippen LogP contribution is 2.33. The Kier molecular flexibility index (Phi) is 4.52. The zero-order chi connectivity index (χ0) is 19.1. The Morgan fingerprint density at radius 3 is 2.96 bits per heavy atom. The lowest BCUT2D eigenvalue weighted by Crippen LogP contribution is -2.41. The number of rotatable bonds is 6. The van der Waals surface area contributed by atoms with Crippen LogP contribution in [0.4, 0.5) is 0 Å². The van der Waals surface area contributed by atoms with Crippen LogP contribution < -0.4 is 5.32 Å². The predicted octanol–water partition coefficient (Wildman–Crippen LogP) is 2.63. The molecule has 2 fully saturated rings. The Balaban J connectivity index is 1.31. The maximum absolute atomic E-state index is 12.4. The second-order valence-electron chi connectivity index (χ2n) is 7.73. The molecule has 1 aliphatic heterocycles. The van der Waals surface area contributed by atoms with Gasteiger partial charge in [-0.2, -0.15) is 5.10 Å². The first-order valence-electron chi connectivity index (χ1n) is 9.65. The summed E-state index contributed by atoms with van der Waals surface area (Å²) in [5, 5.41) is 10.7. The molecule has 4 heterocycles. The van der Waals surface area contributed by atoms with E-state index in [0.29, 0.717) is 0 Å². The van der Waals surface area contributed by atoms with Gasteiger partial charge in [-0.25, -0.2) is 4.98 Å². The number of nitrogens with one attached hydrogen (secondary N) is 1. The smallest absolute Gasteiger partial charge is 0.223 e. The van der Waals surface area contributed by atoms with E-state index in [-0.39, 0.29) is 23.8 Å². The fourth-order valence-corrected chi connectivity index (χ4v) is 4.78. The van der Waals surface area contributed by atoms with E-state index in [9.17, 15) is 4.79 Å². The Labute approximate surface area is 167 Å². The van der Waals surface area contributed by atoms with Gasteiger partial charge in [0.15, 0.2) is 0 Å². The van der Waals surface area contributed by atoms with Crippen molar-refractivity contribution in [1.82, 2.24) is 25.0 Å². The number of amides is 1. The first-order valence-corrected chi connectivity index (χ1v) is 10.5. The summed E-state index contributed by atoms with van der Waals surface area (Å²) in [7, 11) is 1.97. The number of likely N-dealkylation sites (tertiary alicyclic amines) is 1. The molecule has 3 aromatic rings. The van der Waals surface area contributed by atoms with Crippen molar-refractivity contribution < 1.29 is 9.21 Å². The third kappa shape index (κ3) is 3.49. The van der Waals surface area contributed by atoms with Crippen LogP contribution in [0.2, 0.25) is 0 Å². The van der Waals surface area contributed by atoms with Crippen molar-refractivity contribution in [2.45, 2.75) is 31.3 Å². The van der Waals surface area contributed by atoms with Crippen molar-refractivity contribution in [2.24, 2.45) is 13.0 Å².